The number of amides is 1. The van der Waals surface area contributed by atoms with Crippen molar-refractivity contribution in [3.05, 3.63) is 22.7 Å². The molecule has 6 heteroatoms. The van der Waals surface area contributed by atoms with Gasteiger partial charge in [0.1, 0.15) is 5.75 Å². The summed E-state index contributed by atoms with van der Waals surface area (Å²) < 4.78 is 12.4. The summed E-state index contributed by atoms with van der Waals surface area (Å²) in [6, 6.07) is 5.12. The fourth-order valence-electron chi connectivity index (χ4n) is 1.28. The Morgan fingerprint density at radius 3 is 2.78 bits per heavy atom. The zero-order chi connectivity index (χ0) is 13.7. The summed E-state index contributed by atoms with van der Waals surface area (Å²) in [5.41, 5.74) is 6.85. The molecule has 3 N–H and O–H groups in total. The van der Waals surface area contributed by atoms with Crippen molar-refractivity contribution in [2.75, 3.05) is 16.8 Å². The first-order chi connectivity index (χ1) is 8.43. The van der Waals surface area contributed by atoms with Gasteiger partial charge in [0.25, 0.3) is 0 Å². The lowest BCUT2D eigenvalue weighted by Crippen LogP contribution is -2.24. The van der Waals surface area contributed by atoms with Crippen LogP contribution in [0.2, 0.25) is 0 Å². The lowest BCUT2D eigenvalue weighted by atomic mass is 10.3. The average Bonchev–Trinajstić information content (AvgIpc) is 2.31. The maximum Gasteiger partial charge on any atom is 0.237 e. The van der Waals surface area contributed by atoms with Gasteiger partial charge in [0.15, 0.2) is 0 Å². The Morgan fingerprint density at radius 2 is 2.22 bits per heavy atom. The summed E-state index contributed by atoms with van der Waals surface area (Å²) in [6.45, 7) is 3.83. The first kappa shape index (κ1) is 15.2. The number of nitrogens with one attached hydrogen (secondary N) is 1. The number of hydrogen-bond donors (Lipinski definition) is 2. The highest BCUT2D eigenvalue weighted by Gasteiger charge is 2.14. The lowest BCUT2D eigenvalue weighted by molar-refractivity contribution is -0.113. The van der Waals surface area contributed by atoms with Gasteiger partial charge in [-0.2, -0.15) is 0 Å². The Labute approximate surface area is 118 Å². The molecule has 100 valence electrons. The summed E-state index contributed by atoms with van der Waals surface area (Å²) in [6.07, 6.45) is 0.797. The third kappa shape index (κ3) is 4.42. The van der Waals surface area contributed by atoms with Gasteiger partial charge in [-0.3, -0.25) is 9.00 Å². The molecule has 0 spiro atoms. The highest BCUT2D eigenvalue weighted by atomic mass is 79.9. The Hall–Kier alpha value is -0.880. The highest BCUT2D eigenvalue weighted by Crippen LogP contribution is 2.24. The first-order valence-electron chi connectivity index (χ1n) is 5.66. The van der Waals surface area contributed by atoms with Crippen LogP contribution in [0, 0.1) is 0 Å². The minimum absolute atomic E-state index is 0.0197. The van der Waals surface area contributed by atoms with Crippen molar-refractivity contribution in [1.82, 2.24) is 0 Å². The predicted molar refractivity (Wildman–Crippen MR) is 79.9 cm³/mol. The molecule has 0 heterocycles. The van der Waals surface area contributed by atoms with Crippen LogP contribution in [0.1, 0.15) is 20.3 Å². The number of hydrogen-bond acceptors (Lipinski definition) is 3. The van der Waals surface area contributed by atoms with Crippen molar-refractivity contribution in [2.45, 2.75) is 25.5 Å². The third-order valence-corrected chi connectivity index (χ3v) is 5.00. The van der Waals surface area contributed by atoms with Crippen LogP contribution in [0.5, 0.6) is 0 Å². The quantitative estimate of drug-likeness (QED) is 0.814. The topological polar surface area (TPSA) is 72.2 Å². The fourth-order valence-corrected chi connectivity index (χ4v) is 2.76. The van der Waals surface area contributed by atoms with E-state index in [2.05, 4.69) is 21.2 Å². The minimum Gasteiger partial charge on any atom is -0.399 e. The molecular weight excluding hydrogens is 316 g/mol. The van der Waals surface area contributed by atoms with Crippen molar-refractivity contribution >= 4 is 44.0 Å². The van der Waals surface area contributed by atoms with Gasteiger partial charge in [0.05, 0.1) is 5.69 Å². The molecule has 0 saturated heterocycles. The predicted octanol–water partition coefficient (Wildman–Crippen LogP) is 2.52. The van der Waals surface area contributed by atoms with E-state index in [1.807, 2.05) is 13.8 Å². The second-order valence-electron chi connectivity index (χ2n) is 4.03. The number of anilines is 2. The van der Waals surface area contributed by atoms with Crippen LogP contribution in [-0.2, 0) is 15.6 Å². The summed E-state index contributed by atoms with van der Waals surface area (Å²) in [7, 11) is -1.13. The van der Waals surface area contributed by atoms with Gasteiger partial charge in [0.2, 0.25) is 5.91 Å². The number of nitrogen functional groups attached to an aromatic ring is 1. The van der Waals surface area contributed by atoms with E-state index in [1.54, 1.807) is 18.2 Å². The molecule has 0 aromatic heterocycles. The average molecular weight is 333 g/mol. The van der Waals surface area contributed by atoms with Crippen LogP contribution in [-0.4, -0.2) is 21.1 Å². The smallest absolute Gasteiger partial charge is 0.237 e. The molecule has 4 nitrogen and oxygen atoms in total. The molecule has 0 aliphatic rings. The van der Waals surface area contributed by atoms with E-state index in [0.29, 0.717) is 15.8 Å². The van der Waals surface area contributed by atoms with E-state index in [0.717, 1.165) is 6.42 Å². The molecule has 1 aromatic rings. The highest BCUT2D eigenvalue weighted by molar-refractivity contribution is 9.10. The summed E-state index contributed by atoms with van der Waals surface area (Å²) in [4.78, 5) is 11.7. The minimum atomic E-state index is -1.13. The molecular formula is C12H17BrN2O2S. The lowest BCUT2D eigenvalue weighted by Gasteiger charge is -2.10. The molecule has 0 saturated carbocycles. The van der Waals surface area contributed by atoms with Crippen molar-refractivity contribution in [3.63, 3.8) is 0 Å². The van der Waals surface area contributed by atoms with Crippen LogP contribution in [0.25, 0.3) is 0 Å². The molecule has 2 unspecified atom stereocenters. The molecule has 0 bridgehead atoms. The van der Waals surface area contributed by atoms with Crippen LogP contribution in [0.15, 0.2) is 22.7 Å². The van der Waals surface area contributed by atoms with Gasteiger partial charge < -0.3 is 11.1 Å². The number of carbonyl (C=O) groups excluding carboxylic acids is 1. The van der Waals surface area contributed by atoms with Gasteiger partial charge in [-0.25, -0.2) is 0 Å². The maximum atomic E-state index is 11.7. The van der Waals surface area contributed by atoms with E-state index in [4.69, 9.17) is 5.73 Å². The molecule has 2 atom stereocenters. The van der Waals surface area contributed by atoms with Gasteiger partial charge >= 0.3 is 0 Å². The van der Waals surface area contributed by atoms with Gasteiger partial charge in [-0.05, 0) is 40.5 Å². The monoisotopic (exact) mass is 332 g/mol. The molecule has 0 fully saturated rings. The van der Waals surface area contributed by atoms with E-state index in [1.165, 1.54) is 0 Å². The van der Waals surface area contributed by atoms with Crippen LogP contribution >= 0.6 is 15.9 Å². The summed E-state index contributed by atoms with van der Waals surface area (Å²) in [5.74, 6) is -0.231. The van der Waals surface area contributed by atoms with Crippen molar-refractivity contribution < 1.29 is 9.00 Å². The zero-order valence-corrected chi connectivity index (χ0v) is 12.8. The number of nitrogens with two attached hydrogens (primary N) is 1. The second-order valence-corrected chi connectivity index (χ2v) is 6.74. The van der Waals surface area contributed by atoms with Crippen molar-refractivity contribution in [1.29, 1.82) is 0 Å². The van der Waals surface area contributed by atoms with Crippen LogP contribution < -0.4 is 11.1 Å². The number of halogens is 1. The number of benzene rings is 1. The van der Waals surface area contributed by atoms with E-state index >= 15 is 0 Å². The number of carbonyl (C=O) groups is 1. The van der Waals surface area contributed by atoms with Crippen molar-refractivity contribution in [3.8, 4) is 0 Å². The van der Waals surface area contributed by atoms with E-state index in [9.17, 15) is 9.00 Å². The fraction of sp³-hybridized carbons (Fsp3) is 0.417. The first-order valence-corrected chi connectivity index (χ1v) is 7.83. The standard InChI is InChI=1S/C12H17BrN2O2S/c1-3-8(2)18(17)7-12(16)15-11-5-4-9(14)6-10(11)13/h4-6,8H,3,7,14H2,1-2H3,(H,15,16). The Kier molecular flexibility index (Phi) is 5.81. The molecule has 1 aromatic carbocycles. The Bertz CT molecular complexity index is 465. The largest absolute Gasteiger partial charge is 0.399 e. The summed E-state index contributed by atoms with van der Waals surface area (Å²) in [5, 5.41) is 2.75. The van der Waals surface area contributed by atoms with Crippen molar-refractivity contribution in [2.24, 2.45) is 0 Å². The van der Waals surface area contributed by atoms with E-state index < -0.39 is 10.8 Å². The van der Waals surface area contributed by atoms with E-state index in [-0.39, 0.29) is 16.9 Å². The van der Waals surface area contributed by atoms with Gasteiger partial charge in [0, 0.05) is 26.2 Å². The van der Waals surface area contributed by atoms with Gasteiger partial charge in [-0.1, -0.05) is 13.8 Å². The molecule has 18 heavy (non-hydrogen) atoms. The normalized spacial score (nSPS) is 13.9. The van der Waals surface area contributed by atoms with Crippen LogP contribution in [0.4, 0.5) is 11.4 Å². The molecule has 1 amide bonds. The van der Waals surface area contributed by atoms with Crippen LogP contribution in [0.3, 0.4) is 0 Å². The zero-order valence-electron chi connectivity index (χ0n) is 10.4. The molecule has 0 aliphatic carbocycles. The summed E-state index contributed by atoms with van der Waals surface area (Å²) >= 11 is 3.31. The molecule has 1 rings (SSSR count). The Morgan fingerprint density at radius 1 is 1.56 bits per heavy atom. The molecule has 0 radical (unpaired) electrons. The molecule has 0 aliphatic heterocycles. The Balaban J connectivity index is 2.62. The third-order valence-electron chi connectivity index (χ3n) is 2.56. The SMILES string of the molecule is CCC(C)S(=O)CC(=O)Nc1ccc(N)cc1Br. The number of rotatable bonds is 5. The maximum absolute atomic E-state index is 11.7. The van der Waals surface area contributed by atoms with Gasteiger partial charge in [-0.15, -0.1) is 0 Å². The second kappa shape index (κ2) is 6.89.